The molecule has 0 aliphatic heterocycles. The molecule has 2 amide bonds. The van der Waals surface area contributed by atoms with E-state index in [9.17, 15) is 22.4 Å². The van der Waals surface area contributed by atoms with Crippen LogP contribution in [0.1, 0.15) is 42.5 Å². The Balaban J connectivity index is 1.82. The van der Waals surface area contributed by atoms with E-state index in [0.29, 0.717) is 23.2 Å². The maximum Gasteiger partial charge on any atom is 0.264 e. The van der Waals surface area contributed by atoms with Crippen molar-refractivity contribution < 1.29 is 22.4 Å². The van der Waals surface area contributed by atoms with Crippen LogP contribution < -0.4 is 9.62 Å². The van der Waals surface area contributed by atoms with Crippen molar-refractivity contribution in [2.24, 2.45) is 0 Å². The van der Waals surface area contributed by atoms with Crippen LogP contribution in [-0.4, -0.2) is 43.8 Å². The van der Waals surface area contributed by atoms with E-state index in [1.54, 1.807) is 49.4 Å². The highest BCUT2D eigenvalue weighted by Crippen LogP contribution is 2.28. The predicted molar refractivity (Wildman–Crippen MR) is 176 cm³/mol. The van der Waals surface area contributed by atoms with Crippen molar-refractivity contribution in [2.75, 3.05) is 10.8 Å². The summed E-state index contributed by atoms with van der Waals surface area (Å²) in [6, 6.07) is 27.3. The first-order valence-corrected chi connectivity index (χ1v) is 16.5. The standard InChI is InChI=1S/C36H40FN3O4S/c1-5-28(4)38-36(42)34(23-29-12-8-6-9-13-29)39(24-30-17-19-31(37)20-18-30)35(41)25-40(33-21-16-26(2)22-27(33)3)45(43,44)32-14-10-7-11-15-32/h6-22,28,34H,5,23-25H2,1-4H3,(H,38,42)/t28-,34+/m0/s1. The van der Waals surface area contributed by atoms with E-state index < -0.39 is 34.3 Å². The number of nitrogens with zero attached hydrogens (tertiary/aromatic N) is 2. The minimum absolute atomic E-state index is 0.0311. The van der Waals surface area contributed by atoms with Gasteiger partial charge >= 0.3 is 0 Å². The van der Waals surface area contributed by atoms with Crippen molar-refractivity contribution >= 4 is 27.5 Å². The van der Waals surface area contributed by atoms with Crippen molar-refractivity contribution in [1.29, 1.82) is 0 Å². The van der Waals surface area contributed by atoms with Gasteiger partial charge in [-0.3, -0.25) is 13.9 Å². The number of sulfonamides is 1. The van der Waals surface area contributed by atoms with Gasteiger partial charge in [0.25, 0.3) is 10.0 Å². The molecule has 0 heterocycles. The molecule has 4 aromatic carbocycles. The molecule has 9 heteroatoms. The molecule has 1 N–H and O–H groups in total. The quantitative estimate of drug-likeness (QED) is 0.191. The molecule has 236 valence electrons. The lowest BCUT2D eigenvalue weighted by Crippen LogP contribution is -2.54. The highest BCUT2D eigenvalue weighted by Gasteiger charge is 2.35. The van der Waals surface area contributed by atoms with Gasteiger partial charge in [-0.15, -0.1) is 0 Å². The lowest BCUT2D eigenvalue weighted by molar-refractivity contribution is -0.140. The number of hydrogen-bond acceptors (Lipinski definition) is 4. The van der Waals surface area contributed by atoms with Crippen LogP contribution in [0, 0.1) is 19.7 Å². The lowest BCUT2D eigenvalue weighted by atomic mass is 10.0. The summed E-state index contributed by atoms with van der Waals surface area (Å²) in [5.41, 5.74) is 3.43. The van der Waals surface area contributed by atoms with E-state index in [4.69, 9.17) is 0 Å². The minimum Gasteiger partial charge on any atom is -0.352 e. The predicted octanol–water partition coefficient (Wildman–Crippen LogP) is 6.19. The average Bonchev–Trinajstić information content (AvgIpc) is 3.03. The Labute approximate surface area is 265 Å². The smallest absolute Gasteiger partial charge is 0.264 e. The van der Waals surface area contributed by atoms with Crippen LogP contribution in [0.3, 0.4) is 0 Å². The molecule has 0 spiro atoms. The van der Waals surface area contributed by atoms with Gasteiger partial charge in [-0.1, -0.05) is 85.3 Å². The topological polar surface area (TPSA) is 86.8 Å². The summed E-state index contributed by atoms with van der Waals surface area (Å²) in [4.78, 5) is 29.8. The normalized spacial score (nSPS) is 12.6. The summed E-state index contributed by atoms with van der Waals surface area (Å²) in [6.07, 6.45) is 0.885. The van der Waals surface area contributed by atoms with Crippen molar-refractivity contribution in [2.45, 2.75) is 64.1 Å². The number of nitrogens with one attached hydrogen (secondary N) is 1. The summed E-state index contributed by atoms with van der Waals surface area (Å²) in [5, 5.41) is 3.01. The van der Waals surface area contributed by atoms with Crippen LogP contribution in [0.25, 0.3) is 0 Å². The van der Waals surface area contributed by atoms with Crippen LogP contribution in [0.2, 0.25) is 0 Å². The van der Waals surface area contributed by atoms with Gasteiger partial charge in [0.05, 0.1) is 10.6 Å². The van der Waals surface area contributed by atoms with Gasteiger partial charge in [0.15, 0.2) is 0 Å². The molecular formula is C36H40FN3O4S. The molecule has 0 unspecified atom stereocenters. The fraction of sp³-hybridized carbons (Fsp3) is 0.278. The third-order valence-corrected chi connectivity index (χ3v) is 9.54. The molecule has 0 saturated carbocycles. The fourth-order valence-corrected chi connectivity index (χ4v) is 6.60. The molecule has 0 bridgehead atoms. The average molecular weight is 630 g/mol. The van der Waals surface area contributed by atoms with Crippen molar-refractivity contribution in [3.63, 3.8) is 0 Å². The van der Waals surface area contributed by atoms with Crippen LogP contribution in [0.15, 0.2) is 108 Å². The zero-order valence-electron chi connectivity index (χ0n) is 26.1. The largest absolute Gasteiger partial charge is 0.352 e. The van der Waals surface area contributed by atoms with E-state index in [1.807, 2.05) is 57.2 Å². The van der Waals surface area contributed by atoms with Crippen LogP contribution >= 0.6 is 0 Å². The summed E-state index contributed by atoms with van der Waals surface area (Å²) < 4.78 is 43.2. The van der Waals surface area contributed by atoms with Gasteiger partial charge in [0.1, 0.15) is 18.4 Å². The molecule has 7 nitrogen and oxygen atoms in total. The monoisotopic (exact) mass is 629 g/mol. The summed E-state index contributed by atoms with van der Waals surface area (Å²) >= 11 is 0. The number of amides is 2. The summed E-state index contributed by atoms with van der Waals surface area (Å²) in [7, 11) is -4.19. The zero-order valence-corrected chi connectivity index (χ0v) is 26.9. The van der Waals surface area contributed by atoms with Gasteiger partial charge < -0.3 is 10.2 Å². The number of halogens is 1. The number of rotatable bonds is 13. The molecule has 0 radical (unpaired) electrons. The molecule has 4 rings (SSSR count). The molecule has 0 saturated heterocycles. The van der Waals surface area contributed by atoms with Crippen LogP contribution in [0.5, 0.6) is 0 Å². The number of carbonyl (C=O) groups is 2. The molecule has 2 atom stereocenters. The van der Waals surface area contributed by atoms with Gasteiger partial charge in [0, 0.05) is 19.0 Å². The Hall–Kier alpha value is -4.50. The molecule has 0 fully saturated rings. The van der Waals surface area contributed by atoms with Gasteiger partial charge in [-0.25, -0.2) is 12.8 Å². The van der Waals surface area contributed by atoms with E-state index in [0.717, 1.165) is 15.4 Å². The second-order valence-electron chi connectivity index (χ2n) is 11.3. The summed E-state index contributed by atoms with van der Waals surface area (Å²) in [6.45, 7) is 6.97. The van der Waals surface area contributed by atoms with Crippen molar-refractivity contribution in [3.05, 3.63) is 131 Å². The molecule has 0 aromatic heterocycles. The number of carbonyl (C=O) groups excluding carboxylic acids is 2. The number of anilines is 1. The molecule has 0 aliphatic rings. The number of aryl methyl sites for hydroxylation is 2. The van der Waals surface area contributed by atoms with E-state index in [-0.39, 0.29) is 29.8 Å². The SMILES string of the molecule is CC[C@H](C)NC(=O)[C@@H](Cc1ccccc1)N(Cc1ccc(F)cc1)C(=O)CN(c1ccc(C)cc1C)S(=O)(=O)c1ccccc1. The Morgan fingerprint density at radius 2 is 1.47 bits per heavy atom. The van der Waals surface area contributed by atoms with E-state index in [1.165, 1.54) is 29.2 Å². The molecular weight excluding hydrogens is 589 g/mol. The third-order valence-electron chi connectivity index (χ3n) is 7.77. The van der Waals surface area contributed by atoms with Crippen molar-refractivity contribution in [3.8, 4) is 0 Å². The Morgan fingerprint density at radius 1 is 0.844 bits per heavy atom. The second-order valence-corrected chi connectivity index (χ2v) is 13.1. The molecule has 0 aliphatic carbocycles. The minimum atomic E-state index is -4.19. The maximum atomic E-state index is 14.5. The number of benzene rings is 4. The van der Waals surface area contributed by atoms with Crippen LogP contribution in [0.4, 0.5) is 10.1 Å². The second kappa shape index (κ2) is 15.0. The fourth-order valence-electron chi connectivity index (χ4n) is 5.10. The van der Waals surface area contributed by atoms with E-state index in [2.05, 4.69) is 5.32 Å². The maximum absolute atomic E-state index is 14.5. The Morgan fingerprint density at radius 3 is 2.07 bits per heavy atom. The van der Waals surface area contributed by atoms with Gasteiger partial charge in [0.2, 0.25) is 11.8 Å². The van der Waals surface area contributed by atoms with Crippen molar-refractivity contribution in [1.82, 2.24) is 10.2 Å². The zero-order chi connectivity index (χ0) is 32.6. The lowest BCUT2D eigenvalue weighted by Gasteiger charge is -2.34. The van der Waals surface area contributed by atoms with E-state index >= 15 is 0 Å². The Kier molecular flexibility index (Phi) is 11.1. The number of hydrogen-bond donors (Lipinski definition) is 1. The first-order valence-electron chi connectivity index (χ1n) is 15.0. The first kappa shape index (κ1) is 33.4. The summed E-state index contributed by atoms with van der Waals surface area (Å²) in [5.74, 6) is -1.35. The highest BCUT2D eigenvalue weighted by molar-refractivity contribution is 7.92. The Bertz CT molecular complexity index is 1700. The van der Waals surface area contributed by atoms with Gasteiger partial charge in [-0.2, -0.15) is 0 Å². The third kappa shape index (κ3) is 8.57. The molecule has 4 aromatic rings. The van der Waals surface area contributed by atoms with Gasteiger partial charge in [-0.05, 0) is 74.2 Å². The molecule has 45 heavy (non-hydrogen) atoms. The first-order chi connectivity index (χ1) is 21.5. The van der Waals surface area contributed by atoms with Crippen LogP contribution in [-0.2, 0) is 32.6 Å². The highest BCUT2D eigenvalue weighted by atomic mass is 32.2.